The zero-order chi connectivity index (χ0) is 21.7. The Labute approximate surface area is 174 Å². The van der Waals surface area contributed by atoms with Gasteiger partial charge in [-0.25, -0.2) is 9.59 Å². The minimum absolute atomic E-state index is 0.122. The summed E-state index contributed by atoms with van der Waals surface area (Å²) in [6.07, 6.45) is -1.46. The quantitative estimate of drug-likeness (QED) is 0.726. The minimum atomic E-state index is -0.919. The first-order valence-corrected chi connectivity index (χ1v) is 9.65. The molecule has 0 aliphatic carbocycles. The molecule has 8 heteroatoms. The van der Waals surface area contributed by atoms with Gasteiger partial charge in [-0.3, -0.25) is 4.79 Å². The van der Waals surface area contributed by atoms with Crippen molar-refractivity contribution in [3.05, 3.63) is 53.6 Å². The number of hydrogen-bond acceptors (Lipinski definition) is 7. The summed E-state index contributed by atoms with van der Waals surface area (Å²) in [5.74, 6) is -0.684. The van der Waals surface area contributed by atoms with E-state index in [4.69, 9.17) is 18.9 Å². The van der Waals surface area contributed by atoms with Gasteiger partial charge in [0.2, 0.25) is 6.10 Å². The number of para-hydroxylation sites is 2. The summed E-state index contributed by atoms with van der Waals surface area (Å²) < 4.78 is 21.6. The topological polar surface area (TPSA) is 100 Å². The fraction of sp³-hybridized carbons (Fsp3) is 0.318. The Morgan fingerprint density at radius 3 is 1.97 bits per heavy atom. The van der Waals surface area contributed by atoms with E-state index in [9.17, 15) is 14.4 Å². The molecule has 0 radical (unpaired) electrons. The smallest absolute Gasteiger partial charge is 0.338 e. The molecule has 2 aromatic carbocycles. The van der Waals surface area contributed by atoms with Crippen molar-refractivity contribution in [2.24, 2.45) is 0 Å². The lowest BCUT2D eigenvalue weighted by Gasteiger charge is -2.31. The van der Waals surface area contributed by atoms with Crippen LogP contribution in [0.25, 0.3) is 0 Å². The molecule has 1 heterocycles. The molecule has 8 nitrogen and oxygen atoms in total. The highest BCUT2D eigenvalue weighted by Gasteiger charge is 2.34. The monoisotopic (exact) mass is 413 g/mol. The fourth-order valence-corrected chi connectivity index (χ4v) is 2.98. The van der Waals surface area contributed by atoms with E-state index in [1.165, 1.54) is 18.2 Å². The summed E-state index contributed by atoms with van der Waals surface area (Å²) in [7, 11) is 0. The van der Waals surface area contributed by atoms with E-state index >= 15 is 0 Å². The van der Waals surface area contributed by atoms with E-state index in [-0.39, 0.29) is 30.0 Å². The zero-order valence-electron chi connectivity index (χ0n) is 17.0. The van der Waals surface area contributed by atoms with Crippen LogP contribution in [-0.2, 0) is 14.3 Å². The Balaban J connectivity index is 1.84. The molecular formula is C22H23NO7. The predicted octanol–water partition coefficient (Wildman–Crippen LogP) is 3.21. The Hall–Kier alpha value is -3.55. The normalized spacial score (nSPS) is 17.0. The largest absolute Gasteiger partial charge is 0.482 e. The molecular weight excluding hydrogens is 390 g/mol. The third kappa shape index (κ3) is 4.71. The van der Waals surface area contributed by atoms with Crippen molar-refractivity contribution in [1.82, 2.24) is 0 Å². The molecule has 1 amide bonds. The first-order valence-electron chi connectivity index (χ1n) is 9.65. The van der Waals surface area contributed by atoms with Crippen molar-refractivity contribution in [1.29, 1.82) is 0 Å². The van der Waals surface area contributed by atoms with Crippen molar-refractivity contribution in [3.8, 4) is 11.5 Å². The van der Waals surface area contributed by atoms with Crippen molar-refractivity contribution >= 4 is 23.5 Å². The molecule has 2 aromatic rings. The van der Waals surface area contributed by atoms with Gasteiger partial charge >= 0.3 is 11.9 Å². The summed E-state index contributed by atoms with van der Waals surface area (Å²) in [6, 6.07) is 11.3. The van der Waals surface area contributed by atoms with E-state index in [0.717, 1.165) is 0 Å². The second-order valence-electron chi connectivity index (χ2n) is 6.54. The highest BCUT2D eigenvalue weighted by atomic mass is 16.6. The van der Waals surface area contributed by atoms with Crippen LogP contribution in [0, 0.1) is 0 Å². The zero-order valence-corrected chi connectivity index (χ0v) is 17.0. The number of rotatable bonds is 6. The molecule has 0 saturated heterocycles. The lowest BCUT2D eigenvalue weighted by molar-refractivity contribution is -0.128. The Bertz CT molecular complexity index is 920. The van der Waals surface area contributed by atoms with Crippen LogP contribution in [0.2, 0.25) is 0 Å². The van der Waals surface area contributed by atoms with Crippen LogP contribution in [0.4, 0.5) is 5.69 Å². The standard InChI is InChI=1S/C22H23NO7/c1-4-27-21(25)14-10-15(22(26)28-5-2)12-16(11-14)23-20(24)19-13(3)29-17-8-6-7-9-18(17)30-19/h6-13,19H,4-5H2,1-3H3,(H,23,24). The molecule has 1 aliphatic heterocycles. The second-order valence-corrected chi connectivity index (χ2v) is 6.54. The average molecular weight is 413 g/mol. The van der Waals surface area contributed by atoms with E-state index in [1.807, 2.05) is 6.07 Å². The number of nitrogens with one attached hydrogen (secondary N) is 1. The lowest BCUT2D eigenvalue weighted by atomic mass is 10.1. The van der Waals surface area contributed by atoms with Gasteiger partial charge in [-0.2, -0.15) is 0 Å². The van der Waals surface area contributed by atoms with Gasteiger partial charge in [-0.1, -0.05) is 12.1 Å². The number of fused-ring (bicyclic) bond motifs is 1. The number of ether oxygens (including phenoxy) is 4. The van der Waals surface area contributed by atoms with Crippen LogP contribution in [0.15, 0.2) is 42.5 Å². The number of esters is 2. The maximum absolute atomic E-state index is 12.9. The van der Waals surface area contributed by atoms with E-state index in [1.54, 1.807) is 39.0 Å². The lowest BCUT2D eigenvalue weighted by Crippen LogP contribution is -2.46. The van der Waals surface area contributed by atoms with Crippen molar-refractivity contribution in [2.45, 2.75) is 33.0 Å². The second kappa shape index (κ2) is 9.30. The summed E-state index contributed by atoms with van der Waals surface area (Å²) in [5.41, 5.74) is 0.483. The van der Waals surface area contributed by atoms with Gasteiger partial charge in [0.1, 0.15) is 6.10 Å². The van der Waals surface area contributed by atoms with Crippen molar-refractivity contribution in [2.75, 3.05) is 18.5 Å². The summed E-state index contributed by atoms with van der Waals surface area (Å²) in [6.45, 7) is 5.42. The maximum Gasteiger partial charge on any atom is 0.338 e. The highest BCUT2D eigenvalue weighted by molar-refractivity contribution is 6.00. The molecule has 0 aromatic heterocycles. The van der Waals surface area contributed by atoms with Gasteiger partial charge in [-0.05, 0) is 51.1 Å². The number of anilines is 1. The molecule has 1 aliphatic rings. The van der Waals surface area contributed by atoms with E-state index in [0.29, 0.717) is 11.5 Å². The average Bonchev–Trinajstić information content (AvgIpc) is 2.73. The number of amides is 1. The molecule has 0 fully saturated rings. The van der Waals surface area contributed by atoms with Crippen LogP contribution >= 0.6 is 0 Å². The van der Waals surface area contributed by atoms with Gasteiger partial charge < -0.3 is 24.3 Å². The van der Waals surface area contributed by atoms with E-state index < -0.39 is 30.1 Å². The highest BCUT2D eigenvalue weighted by Crippen LogP contribution is 2.33. The molecule has 2 unspecified atom stereocenters. The predicted molar refractivity (Wildman–Crippen MR) is 108 cm³/mol. The third-order valence-electron chi connectivity index (χ3n) is 4.32. The van der Waals surface area contributed by atoms with Gasteiger partial charge in [0.25, 0.3) is 5.91 Å². The SMILES string of the molecule is CCOC(=O)c1cc(NC(=O)C2Oc3ccccc3OC2C)cc(C(=O)OCC)c1. The van der Waals surface area contributed by atoms with E-state index in [2.05, 4.69) is 5.32 Å². The third-order valence-corrected chi connectivity index (χ3v) is 4.32. The first kappa shape index (κ1) is 21.2. The molecule has 0 bridgehead atoms. The van der Waals surface area contributed by atoms with Crippen LogP contribution in [0.5, 0.6) is 11.5 Å². The Morgan fingerprint density at radius 2 is 1.43 bits per heavy atom. The van der Waals surface area contributed by atoms with Crippen molar-refractivity contribution < 1.29 is 33.3 Å². The van der Waals surface area contributed by atoms with Gasteiger partial charge in [0, 0.05) is 5.69 Å². The molecule has 30 heavy (non-hydrogen) atoms. The maximum atomic E-state index is 12.9. The van der Waals surface area contributed by atoms with Gasteiger partial charge in [0.05, 0.1) is 24.3 Å². The van der Waals surface area contributed by atoms with Crippen molar-refractivity contribution in [3.63, 3.8) is 0 Å². The number of carbonyl (C=O) groups excluding carboxylic acids is 3. The van der Waals surface area contributed by atoms with Crippen LogP contribution in [0.3, 0.4) is 0 Å². The fourth-order valence-electron chi connectivity index (χ4n) is 2.98. The molecule has 0 spiro atoms. The summed E-state index contributed by atoms with van der Waals surface area (Å²) in [4.78, 5) is 37.2. The molecule has 0 saturated carbocycles. The first-order chi connectivity index (χ1) is 14.4. The molecule has 2 atom stereocenters. The summed E-state index contributed by atoms with van der Waals surface area (Å²) in [5, 5.41) is 2.69. The van der Waals surface area contributed by atoms with Gasteiger partial charge in [0.15, 0.2) is 11.5 Å². The van der Waals surface area contributed by atoms with Gasteiger partial charge in [-0.15, -0.1) is 0 Å². The van der Waals surface area contributed by atoms with Crippen LogP contribution < -0.4 is 14.8 Å². The molecule has 3 rings (SSSR count). The van der Waals surface area contributed by atoms with Crippen LogP contribution in [-0.4, -0.2) is 43.3 Å². The van der Waals surface area contributed by atoms with Crippen LogP contribution in [0.1, 0.15) is 41.5 Å². The Kier molecular flexibility index (Phi) is 6.56. The molecule has 1 N–H and O–H groups in total. The summed E-state index contributed by atoms with van der Waals surface area (Å²) >= 11 is 0. The minimum Gasteiger partial charge on any atom is -0.482 e. The number of benzene rings is 2. The number of carbonyl (C=O) groups is 3. The molecule has 158 valence electrons. The Morgan fingerprint density at radius 1 is 0.900 bits per heavy atom. The number of hydrogen-bond donors (Lipinski definition) is 1.